The average molecular weight is 362 g/mol. The van der Waals surface area contributed by atoms with Crippen LogP contribution in [-0.2, 0) is 9.59 Å². The van der Waals surface area contributed by atoms with Crippen LogP contribution in [0.4, 0.5) is 5.69 Å². The highest BCUT2D eigenvalue weighted by molar-refractivity contribution is 5.80. The fourth-order valence-electron chi connectivity index (χ4n) is 3.34. The van der Waals surface area contributed by atoms with Crippen LogP contribution >= 0.6 is 0 Å². The first-order valence-electron chi connectivity index (χ1n) is 8.70. The van der Waals surface area contributed by atoms with Gasteiger partial charge in [0.2, 0.25) is 5.91 Å². The number of benzene rings is 1. The van der Waals surface area contributed by atoms with Gasteiger partial charge in [-0.05, 0) is 25.0 Å². The molecule has 1 N–H and O–H groups in total. The zero-order valence-electron chi connectivity index (χ0n) is 14.4. The summed E-state index contributed by atoms with van der Waals surface area (Å²) in [4.78, 5) is 38.2. The summed E-state index contributed by atoms with van der Waals surface area (Å²) in [5, 5.41) is 13.7. The van der Waals surface area contributed by atoms with Crippen molar-refractivity contribution in [2.24, 2.45) is 0 Å². The standard InChI is InChI=1S/C17H22N4O5/c22-16-10-18-7-9-20(16)14-2-1-8-19(11-14)17(23)12-26-15-5-3-13(4-6-15)21(24)25/h3-6,14,18H,1-2,7-12H2. The van der Waals surface area contributed by atoms with Crippen molar-refractivity contribution < 1.29 is 19.2 Å². The van der Waals surface area contributed by atoms with Gasteiger partial charge in [-0.25, -0.2) is 0 Å². The molecule has 0 spiro atoms. The number of hydrogen-bond acceptors (Lipinski definition) is 6. The van der Waals surface area contributed by atoms with Crippen molar-refractivity contribution in [1.82, 2.24) is 15.1 Å². The number of piperidine rings is 1. The Labute approximate surface area is 151 Å². The number of nitro groups is 1. The van der Waals surface area contributed by atoms with Crippen molar-refractivity contribution in [1.29, 1.82) is 0 Å². The van der Waals surface area contributed by atoms with Gasteiger partial charge < -0.3 is 19.9 Å². The molecular weight excluding hydrogens is 340 g/mol. The number of nitro benzene ring substituents is 1. The van der Waals surface area contributed by atoms with Gasteiger partial charge in [0.25, 0.3) is 11.6 Å². The summed E-state index contributed by atoms with van der Waals surface area (Å²) in [6.07, 6.45) is 1.75. The van der Waals surface area contributed by atoms with Crippen molar-refractivity contribution in [3.05, 3.63) is 34.4 Å². The molecule has 0 aromatic heterocycles. The quantitative estimate of drug-likeness (QED) is 0.600. The van der Waals surface area contributed by atoms with E-state index in [2.05, 4.69) is 5.32 Å². The summed E-state index contributed by atoms with van der Waals surface area (Å²) in [7, 11) is 0. The van der Waals surface area contributed by atoms with Crippen LogP contribution in [0.2, 0.25) is 0 Å². The van der Waals surface area contributed by atoms with Gasteiger partial charge in [-0.15, -0.1) is 0 Å². The molecule has 26 heavy (non-hydrogen) atoms. The lowest BCUT2D eigenvalue weighted by Gasteiger charge is -2.41. The van der Waals surface area contributed by atoms with Crippen molar-refractivity contribution in [2.45, 2.75) is 18.9 Å². The van der Waals surface area contributed by atoms with Crippen molar-refractivity contribution in [3.8, 4) is 5.75 Å². The molecule has 2 heterocycles. The van der Waals surface area contributed by atoms with Gasteiger partial charge in [0.1, 0.15) is 5.75 Å². The van der Waals surface area contributed by atoms with E-state index < -0.39 is 4.92 Å². The van der Waals surface area contributed by atoms with Gasteiger partial charge in [-0.2, -0.15) is 0 Å². The molecule has 0 radical (unpaired) electrons. The molecule has 0 saturated carbocycles. The van der Waals surface area contributed by atoms with Crippen LogP contribution in [0.1, 0.15) is 12.8 Å². The van der Waals surface area contributed by atoms with E-state index >= 15 is 0 Å². The molecule has 1 aromatic rings. The minimum absolute atomic E-state index is 0.0248. The maximum atomic E-state index is 12.4. The predicted octanol–water partition coefficient (Wildman–Crippen LogP) is 0.396. The zero-order chi connectivity index (χ0) is 18.5. The molecule has 2 saturated heterocycles. The SMILES string of the molecule is O=C(COc1ccc([N+](=O)[O-])cc1)N1CCCC(N2CCNCC2=O)C1. The van der Waals surface area contributed by atoms with Crippen LogP contribution in [-0.4, -0.2) is 71.9 Å². The zero-order valence-corrected chi connectivity index (χ0v) is 14.4. The first-order valence-corrected chi connectivity index (χ1v) is 8.70. The lowest BCUT2D eigenvalue weighted by Crippen LogP contribution is -2.57. The number of carbonyl (C=O) groups excluding carboxylic acids is 2. The number of carbonyl (C=O) groups is 2. The van der Waals surface area contributed by atoms with E-state index in [-0.39, 0.29) is 30.2 Å². The number of amides is 2. The topological polar surface area (TPSA) is 105 Å². The molecule has 1 aromatic carbocycles. The van der Waals surface area contributed by atoms with Crippen LogP contribution in [0.15, 0.2) is 24.3 Å². The van der Waals surface area contributed by atoms with E-state index in [1.807, 2.05) is 4.90 Å². The minimum Gasteiger partial charge on any atom is -0.484 e. The molecule has 0 aliphatic carbocycles. The van der Waals surface area contributed by atoms with Crippen LogP contribution < -0.4 is 10.1 Å². The van der Waals surface area contributed by atoms with Crippen LogP contribution in [0, 0.1) is 10.1 Å². The second kappa shape index (κ2) is 8.13. The number of likely N-dealkylation sites (tertiary alicyclic amines) is 1. The van der Waals surface area contributed by atoms with E-state index in [9.17, 15) is 19.7 Å². The number of ether oxygens (including phenoxy) is 1. The highest BCUT2D eigenvalue weighted by Gasteiger charge is 2.31. The molecule has 1 unspecified atom stereocenters. The third-order valence-electron chi connectivity index (χ3n) is 4.73. The number of non-ortho nitro benzene ring substituents is 1. The molecule has 1 atom stereocenters. The Hall–Kier alpha value is -2.68. The van der Waals surface area contributed by atoms with Crippen molar-refractivity contribution in [2.75, 3.05) is 39.3 Å². The molecule has 9 nitrogen and oxygen atoms in total. The lowest BCUT2D eigenvalue weighted by atomic mass is 10.0. The van der Waals surface area contributed by atoms with Gasteiger partial charge in [0.15, 0.2) is 6.61 Å². The molecule has 2 amide bonds. The normalized spacial score (nSPS) is 20.8. The van der Waals surface area contributed by atoms with E-state index in [1.54, 1.807) is 4.90 Å². The lowest BCUT2D eigenvalue weighted by molar-refractivity contribution is -0.384. The van der Waals surface area contributed by atoms with E-state index in [1.165, 1.54) is 24.3 Å². The van der Waals surface area contributed by atoms with Crippen LogP contribution in [0.3, 0.4) is 0 Å². The third-order valence-corrected chi connectivity index (χ3v) is 4.73. The summed E-state index contributed by atoms with van der Waals surface area (Å²) >= 11 is 0. The summed E-state index contributed by atoms with van der Waals surface area (Å²) in [6, 6.07) is 5.69. The monoisotopic (exact) mass is 362 g/mol. The first-order chi connectivity index (χ1) is 12.5. The Balaban J connectivity index is 1.52. The van der Waals surface area contributed by atoms with Gasteiger partial charge in [0.05, 0.1) is 11.5 Å². The summed E-state index contributed by atoms with van der Waals surface area (Å²) in [5.74, 6) is 0.350. The fourth-order valence-corrected chi connectivity index (χ4v) is 3.34. The number of nitrogens with zero attached hydrogens (tertiary/aromatic N) is 3. The maximum absolute atomic E-state index is 12.4. The molecule has 2 aliphatic rings. The molecule has 2 aliphatic heterocycles. The Morgan fingerprint density at radius 1 is 1.31 bits per heavy atom. The molecular formula is C17H22N4O5. The van der Waals surface area contributed by atoms with Crippen molar-refractivity contribution in [3.63, 3.8) is 0 Å². The molecule has 9 heteroatoms. The Bertz CT molecular complexity index is 678. The van der Waals surface area contributed by atoms with Gasteiger partial charge >= 0.3 is 0 Å². The minimum atomic E-state index is -0.486. The van der Waals surface area contributed by atoms with Crippen LogP contribution in [0.5, 0.6) is 5.75 Å². The molecule has 3 rings (SSSR count). The third kappa shape index (κ3) is 4.29. The number of piperazine rings is 1. The average Bonchev–Trinajstić information content (AvgIpc) is 2.67. The highest BCUT2D eigenvalue weighted by Crippen LogP contribution is 2.19. The summed E-state index contributed by atoms with van der Waals surface area (Å²) in [5.41, 5.74) is -0.0248. The Kier molecular flexibility index (Phi) is 5.67. The highest BCUT2D eigenvalue weighted by atomic mass is 16.6. The Morgan fingerprint density at radius 3 is 2.77 bits per heavy atom. The van der Waals surface area contributed by atoms with E-state index in [4.69, 9.17) is 4.74 Å². The van der Waals surface area contributed by atoms with E-state index in [0.29, 0.717) is 31.9 Å². The van der Waals surface area contributed by atoms with Crippen molar-refractivity contribution >= 4 is 17.5 Å². The maximum Gasteiger partial charge on any atom is 0.269 e. The first kappa shape index (κ1) is 18.1. The number of nitrogens with one attached hydrogen (secondary N) is 1. The second-order valence-corrected chi connectivity index (χ2v) is 6.44. The van der Waals surface area contributed by atoms with Gasteiger partial charge in [-0.1, -0.05) is 0 Å². The largest absolute Gasteiger partial charge is 0.484 e. The predicted molar refractivity (Wildman–Crippen MR) is 92.8 cm³/mol. The number of rotatable bonds is 5. The smallest absolute Gasteiger partial charge is 0.269 e. The van der Waals surface area contributed by atoms with Gasteiger partial charge in [-0.3, -0.25) is 19.7 Å². The Morgan fingerprint density at radius 2 is 2.08 bits per heavy atom. The fraction of sp³-hybridized carbons (Fsp3) is 0.529. The second-order valence-electron chi connectivity index (χ2n) is 6.44. The van der Waals surface area contributed by atoms with Crippen LogP contribution in [0.25, 0.3) is 0 Å². The number of hydrogen-bond donors (Lipinski definition) is 1. The van der Waals surface area contributed by atoms with E-state index in [0.717, 1.165) is 19.4 Å². The van der Waals surface area contributed by atoms with Gasteiger partial charge in [0, 0.05) is 44.4 Å². The summed E-state index contributed by atoms with van der Waals surface area (Å²) < 4.78 is 5.45. The summed E-state index contributed by atoms with van der Waals surface area (Å²) in [6.45, 7) is 2.85. The molecule has 140 valence electrons. The molecule has 2 fully saturated rings. The molecule has 0 bridgehead atoms.